The largest absolute Gasteiger partial charge is 0.370 e. The first-order valence-corrected chi connectivity index (χ1v) is 7.19. The highest BCUT2D eigenvalue weighted by atomic mass is 15.1. The maximum Gasteiger partial charge on any atom is 0.0426 e. The molecule has 2 heteroatoms. The van der Waals surface area contributed by atoms with Crippen LogP contribution in [0.1, 0.15) is 16.7 Å². The van der Waals surface area contributed by atoms with Crippen LogP contribution in [0.15, 0.2) is 48.5 Å². The molecule has 0 bridgehead atoms. The Bertz CT molecular complexity index is 514. The molecule has 0 aromatic heterocycles. The smallest absolute Gasteiger partial charge is 0.0426 e. The van der Waals surface area contributed by atoms with Crippen LogP contribution in [0.2, 0.25) is 0 Å². The predicted octanol–water partition coefficient (Wildman–Crippen LogP) is 3.39. The standard InChI is InChI=1S/C18H24N2/c1-15-4-10-18(11-5-15)20(3)14-17-8-6-16(7-9-17)12-13-19-2/h4-11,19H,12-14H2,1-3H3. The third-order valence-corrected chi connectivity index (χ3v) is 3.58. The summed E-state index contributed by atoms with van der Waals surface area (Å²) in [6.45, 7) is 4.09. The highest BCUT2D eigenvalue weighted by Crippen LogP contribution is 2.16. The van der Waals surface area contributed by atoms with E-state index in [0.29, 0.717) is 0 Å². The molecule has 0 amide bonds. The van der Waals surface area contributed by atoms with Crippen LogP contribution >= 0.6 is 0 Å². The van der Waals surface area contributed by atoms with Gasteiger partial charge in [0.1, 0.15) is 0 Å². The van der Waals surface area contributed by atoms with Crippen LogP contribution in [-0.4, -0.2) is 20.6 Å². The molecule has 0 aliphatic heterocycles. The molecule has 20 heavy (non-hydrogen) atoms. The van der Waals surface area contributed by atoms with Crippen LogP contribution in [0.4, 0.5) is 5.69 Å². The molecule has 2 aromatic rings. The Morgan fingerprint density at radius 1 is 0.900 bits per heavy atom. The lowest BCUT2D eigenvalue weighted by Crippen LogP contribution is -2.16. The van der Waals surface area contributed by atoms with Gasteiger partial charge in [0.15, 0.2) is 0 Å². The lowest BCUT2D eigenvalue weighted by molar-refractivity contribution is 0.791. The van der Waals surface area contributed by atoms with E-state index in [1.165, 1.54) is 22.4 Å². The fourth-order valence-electron chi connectivity index (χ4n) is 2.25. The first kappa shape index (κ1) is 14.6. The first-order chi connectivity index (χ1) is 9.69. The van der Waals surface area contributed by atoms with E-state index < -0.39 is 0 Å². The Balaban J connectivity index is 1.97. The first-order valence-electron chi connectivity index (χ1n) is 7.19. The molecule has 0 aliphatic carbocycles. The summed E-state index contributed by atoms with van der Waals surface area (Å²) in [4.78, 5) is 2.28. The van der Waals surface area contributed by atoms with E-state index in [-0.39, 0.29) is 0 Å². The zero-order chi connectivity index (χ0) is 14.4. The number of likely N-dealkylation sites (N-methyl/N-ethyl adjacent to an activating group) is 1. The topological polar surface area (TPSA) is 15.3 Å². The molecule has 0 aliphatic rings. The number of hydrogen-bond donors (Lipinski definition) is 1. The van der Waals surface area contributed by atoms with Crippen molar-refractivity contribution in [3.05, 3.63) is 65.2 Å². The Hall–Kier alpha value is -1.80. The second-order valence-corrected chi connectivity index (χ2v) is 5.36. The van der Waals surface area contributed by atoms with Crippen molar-refractivity contribution in [3.63, 3.8) is 0 Å². The minimum Gasteiger partial charge on any atom is -0.370 e. The number of hydrogen-bond acceptors (Lipinski definition) is 2. The van der Waals surface area contributed by atoms with E-state index in [0.717, 1.165) is 19.5 Å². The van der Waals surface area contributed by atoms with Gasteiger partial charge in [-0.25, -0.2) is 0 Å². The Kier molecular flexibility index (Phi) is 5.19. The van der Waals surface area contributed by atoms with E-state index >= 15 is 0 Å². The lowest BCUT2D eigenvalue weighted by atomic mass is 10.1. The maximum absolute atomic E-state index is 3.18. The van der Waals surface area contributed by atoms with Gasteiger partial charge < -0.3 is 10.2 Å². The lowest BCUT2D eigenvalue weighted by Gasteiger charge is -2.19. The minimum absolute atomic E-state index is 0.940. The summed E-state index contributed by atoms with van der Waals surface area (Å²) in [5.74, 6) is 0. The molecule has 2 rings (SSSR count). The van der Waals surface area contributed by atoms with E-state index in [1.54, 1.807) is 0 Å². The number of anilines is 1. The Morgan fingerprint density at radius 2 is 1.50 bits per heavy atom. The molecule has 0 saturated heterocycles. The second kappa shape index (κ2) is 7.11. The highest BCUT2D eigenvalue weighted by molar-refractivity contribution is 5.47. The fourth-order valence-corrected chi connectivity index (χ4v) is 2.25. The number of benzene rings is 2. The summed E-state index contributed by atoms with van der Waals surface area (Å²) < 4.78 is 0. The van der Waals surface area contributed by atoms with E-state index in [2.05, 4.69) is 72.7 Å². The van der Waals surface area contributed by atoms with Gasteiger partial charge in [-0.3, -0.25) is 0 Å². The highest BCUT2D eigenvalue weighted by Gasteiger charge is 2.02. The second-order valence-electron chi connectivity index (χ2n) is 5.36. The third-order valence-electron chi connectivity index (χ3n) is 3.58. The molecule has 2 aromatic carbocycles. The molecule has 2 nitrogen and oxygen atoms in total. The maximum atomic E-state index is 3.18. The number of aryl methyl sites for hydroxylation is 1. The summed E-state index contributed by atoms with van der Waals surface area (Å²) in [6, 6.07) is 17.6. The monoisotopic (exact) mass is 268 g/mol. The molecule has 0 atom stereocenters. The number of nitrogens with zero attached hydrogens (tertiary/aromatic N) is 1. The molecule has 0 saturated carbocycles. The van der Waals surface area contributed by atoms with Crippen LogP contribution in [0.25, 0.3) is 0 Å². The summed E-state index contributed by atoms with van der Waals surface area (Å²) in [5.41, 5.74) is 5.30. The van der Waals surface area contributed by atoms with Gasteiger partial charge in [-0.1, -0.05) is 42.0 Å². The quantitative estimate of drug-likeness (QED) is 0.864. The Labute approximate surface area is 122 Å². The molecule has 0 fully saturated rings. The summed E-state index contributed by atoms with van der Waals surface area (Å²) in [5, 5.41) is 3.18. The summed E-state index contributed by atoms with van der Waals surface area (Å²) in [7, 11) is 4.13. The van der Waals surface area contributed by atoms with Gasteiger partial charge in [-0.2, -0.15) is 0 Å². The normalized spacial score (nSPS) is 10.6. The van der Waals surface area contributed by atoms with Gasteiger partial charge >= 0.3 is 0 Å². The Morgan fingerprint density at radius 3 is 2.10 bits per heavy atom. The van der Waals surface area contributed by atoms with Gasteiger partial charge in [0.2, 0.25) is 0 Å². The van der Waals surface area contributed by atoms with Crippen molar-refractivity contribution in [1.82, 2.24) is 5.32 Å². The van der Waals surface area contributed by atoms with Crippen molar-refractivity contribution in [3.8, 4) is 0 Å². The zero-order valence-corrected chi connectivity index (χ0v) is 12.7. The van der Waals surface area contributed by atoms with Crippen molar-refractivity contribution < 1.29 is 0 Å². The van der Waals surface area contributed by atoms with Crippen molar-refractivity contribution in [2.24, 2.45) is 0 Å². The van der Waals surface area contributed by atoms with Crippen LogP contribution in [0.5, 0.6) is 0 Å². The molecule has 0 radical (unpaired) electrons. The van der Waals surface area contributed by atoms with E-state index in [4.69, 9.17) is 0 Å². The molecule has 0 unspecified atom stereocenters. The van der Waals surface area contributed by atoms with E-state index in [1.807, 2.05) is 7.05 Å². The van der Waals surface area contributed by atoms with Crippen LogP contribution in [-0.2, 0) is 13.0 Å². The molecular formula is C18H24N2. The number of nitrogens with one attached hydrogen (secondary N) is 1. The van der Waals surface area contributed by atoms with Crippen molar-refractivity contribution in [2.75, 3.05) is 25.5 Å². The minimum atomic E-state index is 0.940. The van der Waals surface area contributed by atoms with Gasteiger partial charge in [0.25, 0.3) is 0 Å². The fraction of sp³-hybridized carbons (Fsp3) is 0.333. The summed E-state index contributed by atoms with van der Waals surface area (Å²) >= 11 is 0. The van der Waals surface area contributed by atoms with Crippen molar-refractivity contribution in [1.29, 1.82) is 0 Å². The van der Waals surface area contributed by atoms with Crippen molar-refractivity contribution >= 4 is 5.69 Å². The summed E-state index contributed by atoms with van der Waals surface area (Å²) in [6.07, 6.45) is 1.09. The van der Waals surface area contributed by atoms with Gasteiger partial charge in [-0.15, -0.1) is 0 Å². The zero-order valence-electron chi connectivity index (χ0n) is 12.7. The molecule has 0 heterocycles. The molecule has 106 valence electrons. The average molecular weight is 268 g/mol. The number of rotatable bonds is 6. The van der Waals surface area contributed by atoms with Crippen LogP contribution < -0.4 is 10.2 Å². The van der Waals surface area contributed by atoms with Crippen LogP contribution in [0, 0.1) is 6.92 Å². The van der Waals surface area contributed by atoms with Gasteiger partial charge in [0, 0.05) is 19.3 Å². The third kappa shape index (κ3) is 4.10. The average Bonchev–Trinajstić information content (AvgIpc) is 2.47. The van der Waals surface area contributed by atoms with Gasteiger partial charge in [-0.05, 0) is 50.2 Å². The van der Waals surface area contributed by atoms with Crippen molar-refractivity contribution in [2.45, 2.75) is 19.9 Å². The van der Waals surface area contributed by atoms with Crippen LogP contribution in [0.3, 0.4) is 0 Å². The molecular weight excluding hydrogens is 244 g/mol. The van der Waals surface area contributed by atoms with Gasteiger partial charge in [0.05, 0.1) is 0 Å². The predicted molar refractivity (Wildman–Crippen MR) is 87.4 cm³/mol. The van der Waals surface area contributed by atoms with E-state index in [9.17, 15) is 0 Å². The molecule has 1 N–H and O–H groups in total. The SMILES string of the molecule is CNCCc1ccc(CN(C)c2ccc(C)cc2)cc1. The molecule has 0 spiro atoms.